The van der Waals surface area contributed by atoms with E-state index in [4.69, 9.17) is 5.73 Å². The van der Waals surface area contributed by atoms with Crippen molar-refractivity contribution in [3.8, 4) is 0 Å². The van der Waals surface area contributed by atoms with Crippen LogP contribution in [0.4, 0.5) is 27.8 Å². The third-order valence-electron chi connectivity index (χ3n) is 1.88. The van der Waals surface area contributed by atoms with Crippen LogP contribution in [-0.2, 0) is 6.18 Å². The lowest BCUT2D eigenvalue weighted by Crippen LogP contribution is -2.12. The van der Waals surface area contributed by atoms with Crippen LogP contribution in [-0.4, -0.2) is 4.98 Å². The summed E-state index contributed by atoms with van der Waals surface area (Å²) in [6, 6.07) is 0.316. The minimum atomic E-state index is -4.77. The topological polar surface area (TPSA) is 38.9 Å². The summed E-state index contributed by atoms with van der Waals surface area (Å²) in [6.45, 7) is 1.20. The van der Waals surface area contributed by atoms with Crippen molar-refractivity contribution in [2.24, 2.45) is 0 Å². The SMILES string of the molecule is Cc1c(C(F)F)cc(C(F)(F)F)nc1N. The number of alkyl halides is 5. The van der Waals surface area contributed by atoms with Crippen LogP contribution >= 0.6 is 0 Å². The molecule has 2 N–H and O–H groups in total. The quantitative estimate of drug-likeness (QED) is 0.747. The summed E-state index contributed by atoms with van der Waals surface area (Å²) >= 11 is 0. The maximum atomic E-state index is 12.3. The normalized spacial score (nSPS) is 12.2. The summed E-state index contributed by atoms with van der Waals surface area (Å²) in [5.41, 5.74) is 2.84. The first-order chi connectivity index (χ1) is 6.73. The lowest BCUT2D eigenvalue weighted by Gasteiger charge is -2.12. The molecule has 0 saturated carbocycles. The smallest absolute Gasteiger partial charge is 0.383 e. The van der Waals surface area contributed by atoms with E-state index in [1.54, 1.807) is 0 Å². The fourth-order valence-corrected chi connectivity index (χ4v) is 1.02. The average Bonchev–Trinajstić information content (AvgIpc) is 2.06. The molecule has 15 heavy (non-hydrogen) atoms. The van der Waals surface area contributed by atoms with Crippen LogP contribution < -0.4 is 5.73 Å². The van der Waals surface area contributed by atoms with Crippen LogP contribution in [0.5, 0.6) is 0 Å². The highest BCUT2D eigenvalue weighted by Gasteiger charge is 2.34. The van der Waals surface area contributed by atoms with Crippen molar-refractivity contribution < 1.29 is 22.0 Å². The molecule has 0 aliphatic carbocycles. The molecule has 0 amide bonds. The van der Waals surface area contributed by atoms with E-state index < -0.39 is 29.7 Å². The number of nitrogen functional groups attached to an aromatic ring is 1. The van der Waals surface area contributed by atoms with Gasteiger partial charge >= 0.3 is 6.18 Å². The zero-order valence-electron chi connectivity index (χ0n) is 7.57. The summed E-state index contributed by atoms with van der Waals surface area (Å²) in [5, 5.41) is 0. The van der Waals surface area contributed by atoms with Crippen molar-refractivity contribution >= 4 is 5.82 Å². The van der Waals surface area contributed by atoms with Gasteiger partial charge in [-0.1, -0.05) is 0 Å². The highest BCUT2D eigenvalue weighted by Crippen LogP contribution is 2.33. The zero-order valence-corrected chi connectivity index (χ0v) is 7.57. The molecule has 0 spiro atoms. The summed E-state index contributed by atoms with van der Waals surface area (Å²) < 4.78 is 61.2. The van der Waals surface area contributed by atoms with Crippen LogP contribution in [0.1, 0.15) is 23.2 Å². The minimum absolute atomic E-state index is 0.127. The number of hydrogen-bond acceptors (Lipinski definition) is 2. The van der Waals surface area contributed by atoms with Gasteiger partial charge < -0.3 is 5.73 Å². The largest absolute Gasteiger partial charge is 0.433 e. The van der Waals surface area contributed by atoms with E-state index in [0.29, 0.717) is 6.07 Å². The number of anilines is 1. The van der Waals surface area contributed by atoms with Gasteiger partial charge in [0, 0.05) is 11.1 Å². The molecule has 1 aromatic heterocycles. The van der Waals surface area contributed by atoms with Gasteiger partial charge in [0.15, 0.2) is 0 Å². The maximum Gasteiger partial charge on any atom is 0.433 e. The molecule has 0 unspecified atom stereocenters. The second-order valence-corrected chi connectivity index (χ2v) is 2.91. The van der Waals surface area contributed by atoms with Gasteiger partial charge in [0.05, 0.1) is 0 Å². The number of pyridine rings is 1. The molecule has 0 aromatic carbocycles. The van der Waals surface area contributed by atoms with E-state index in [1.807, 2.05) is 0 Å². The fourth-order valence-electron chi connectivity index (χ4n) is 1.02. The van der Waals surface area contributed by atoms with Crippen molar-refractivity contribution in [1.29, 1.82) is 0 Å². The Morgan fingerprint density at radius 3 is 2.27 bits per heavy atom. The number of nitrogens with zero attached hydrogens (tertiary/aromatic N) is 1. The Hall–Kier alpha value is -1.40. The predicted molar refractivity (Wildman–Crippen MR) is 43.3 cm³/mol. The van der Waals surface area contributed by atoms with Gasteiger partial charge in [-0.3, -0.25) is 0 Å². The molecule has 0 atom stereocenters. The third kappa shape index (κ3) is 2.34. The molecule has 0 radical (unpaired) electrons. The minimum Gasteiger partial charge on any atom is -0.383 e. The standard InChI is InChI=1S/C8H7F5N2/c1-3-4(6(9)10)2-5(8(11,12)13)15-7(3)14/h2,6H,1H3,(H2,14,15). The van der Waals surface area contributed by atoms with Gasteiger partial charge in [-0.25, -0.2) is 13.8 Å². The molecular weight excluding hydrogens is 219 g/mol. The highest BCUT2D eigenvalue weighted by molar-refractivity contribution is 5.46. The summed E-state index contributed by atoms with van der Waals surface area (Å²) in [5.74, 6) is -0.528. The second-order valence-electron chi connectivity index (χ2n) is 2.91. The third-order valence-corrected chi connectivity index (χ3v) is 1.88. The lowest BCUT2D eigenvalue weighted by atomic mass is 10.1. The van der Waals surface area contributed by atoms with E-state index in [9.17, 15) is 22.0 Å². The molecular formula is C8H7F5N2. The molecule has 1 heterocycles. The zero-order chi connectivity index (χ0) is 11.8. The molecule has 0 saturated heterocycles. The fraction of sp³-hybridized carbons (Fsp3) is 0.375. The van der Waals surface area contributed by atoms with Crippen LogP contribution in [0, 0.1) is 6.92 Å². The predicted octanol–water partition coefficient (Wildman–Crippen LogP) is 2.93. The highest BCUT2D eigenvalue weighted by atomic mass is 19.4. The second kappa shape index (κ2) is 3.63. The Morgan fingerprint density at radius 2 is 1.87 bits per heavy atom. The average molecular weight is 226 g/mol. The van der Waals surface area contributed by atoms with Crippen molar-refractivity contribution in [3.63, 3.8) is 0 Å². The van der Waals surface area contributed by atoms with Crippen molar-refractivity contribution in [3.05, 3.63) is 22.9 Å². The Labute approximate surface area is 81.9 Å². The molecule has 1 aromatic rings. The monoisotopic (exact) mass is 226 g/mol. The molecule has 0 aliphatic heterocycles. The van der Waals surface area contributed by atoms with Gasteiger partial charge in [0.25, 0.3) is 6.43 Å². The van der Waals surface area contributed by atoms with Crippen molar-refractivity contribution in [2.45, 2.75) is 19.5 Å². The number of aromatic nitrogens is 1. The van der Waals surface area contributed by atoms with Gasteiger partial charge in [-0.2, -0.15) is 13.2 Å². The molecule has 2 nitrogen and oxygen atoms in total. The Balaban J connectivity index is 3.36. The van der Waals surface area contributed by atoms with E-state index in [0.717, 1.165) is 0 Å². The summed E-state index contributed by atoms with van der Waals surface area (Å²) in [6.07, 6.45) is -7.78. The first-order valence-electron chi connectivity index (χ1n) is 3.86. The summed E-state index contributed by atoms with van der Waals surface area (Å²) in [4.78, 5) is 3.01. The van der Waals surface area contributed by atoms with E-state index >= 15 is 0 Å². The number of halogens is 5. The Bertz CT molecular complexity index is 372. The molecule has 1 rings (SSSR count). The number of nitrogens with two attached hydrogens (primary N) is 1. The molecule has 84 valence electrons. The first kappa shape index (κ1) is 11.7. The number of rotatable bonds is 1. The van der Waals surface area contributed by atoms with E-state index in [2.05, 4.69) is 4.98 Å². The van der Waals surface area contributed by atoms with Crippen LogP contribution in [0.2, 0.25) is 0 Å². The molecule has 0 aliphatic rings. The van der Waals surface area contributed by atoms with Crippen LogP contribution in [0.15, 0.2) is 6.07 Å². The van der Waals surface area contributed by atoms with Crippen molar-refractivity contribution in [1.82, 2.24) is 4.98 Å². The Morgan fingerprint density at radius 1 is 1.33 bits per heavy atom. The molecule has 0 fully saturated rings. The first-order valence-corrected chi connectivity index (χ1v) is 3.86. The molecule has 7 heteroatoms. The van der Waals surface area contributed by atoms with Gasteiger partial charge in [-0.05, 0) is 13.0 Å². The van der Waals surface area contributed by atoms with Crippen LogP contribution in [0.3, 0.4) is 0 Å². The van der Waals surface area contributed by atoms with E-state index in [-0.39, 0.29) is 5.56 Å². The van der Waals surface area contributed by atoms with Crippen molar-refractivity contribution in [2.75, 3.05) is 5.73 Å². The van der Waals surface area contributed by atoms with Crippen LogP contribution in [0.25, 0.3) is 0 Å². The summed E-state index contributed by atoms with van der Waals surface area (Å²) in [7, 11) is 0. The lowest BCUT2D eigenvalue weighted by molar-refractivity contribution is -0.141. The molecule has 0 bridgehead atoms. The maximum absolute atomic E-state index is 12.3. The van der Waals surface area contributed by atoms with Gasteiger partial charge in [0.1, 0.15) is 11.5 Å². The van der Waals surface area contributed by atoms with Gasteiger partial charge in [-0.15, -0.1) is 0 Å². The van der Waals surface area contributed by atoms with Gasteiger partial charge in [0.2, 0.25) is 0 Å². The van der Waals surface area contributed by atoms with E-state index in [1.165, 1.54) is 6.92 Å². The Kier molecular flexibility index (Phi) is 2.83. The number of hydrogen-bond donors (Lipinski definition) is 1.